The van der Waals surface area contributed by atoms with Crippen LogP contribution in [0.15, 0.2) is 57.8 Å². The van der Waals surface area contributed by atoms with E-state index in [-0.39, 0.29) is 23.1 Å². The van der Waals surface area contributed by atoms with Gasteiger partial charge in [-0.3, -0.25) is 4.79 Å². The lowest BCUT2D eigenvalue weighted by molar-refractivity contribution is -0.116. The number of hydrogen-bond acceptors (Lipinski definition) is 5. The lowest BCUT2D eigenvalue weighted by atomic mass is 10.0. The largest absolute Gasteiger partial charge is 0.494 e. The van der Waals surface area contributed by atoms with Crippen LogP contribution in [0.5, 0.6) is 5.75 Å². The van der Waals surface area contributed by atoms with Crippen molar-refractivity contribution in [2.45, 2.75) is 31.6 Å². The Labute approximate surface area is 164 Å². The van der Waals surface area contributed by atoms with Crippen LogP contribution in [0.3, 0.4) is 0 Å². The minimum Gasteiger partial charge on any atom is -0.494 e. The third-order valence-corrected chi connectivity index (χ3v) is 5.57. The standard InChI is InChI=1S/C20H23N3O4S/c1-3-27-16-10-8-15(9-11-16)21-20(24)13-14(2)12-19-22-17-6-4-5-7-18(17)28(25,26)23-19/h4-11,14H,3,12-13H2,1-2H3,(H,21,24)(H,22,23). The first-order valence-corrected chi connectivity index (χ1v) is 10.5. The molecule has 1 amide bonds. The number of rotatable bonds is 7. The molecule has 3 rings (SSSR count). The molecule has 28 heavy (non-hydrogen) atoms. The molecule has 0 aliphatic carbocycles. The third-order valence-electron chi connectivity index (χ3n) is 4.20. The molecule has 148 valence electrons. The van der Waals surface area contributed by atoms with E-state index in [1.54, 1.807) is 42.5 Å². The van der Waals surface area contributed by atoms with Crippen molar-refractivity contribution >= 4 is 33.1 Å². The summed E-state index contributed by atoms with van der Waals surface area (Å²) in [6, 6.07) is 13.8. The average Bonchev–Trinajstić information content (AvgIpc) is 2.63. The van der Waals surface area contributed by atoms with Gasteiger partial charge in [-0.15, -0.1) is 4.40 Å². The number of benzene rings is 2. The summed E-state index contributed by atoms with van der Waals surface area (Å²) in [4.78, 5) is 12.4. The lowest BCUT2D eigenvalue weighted by Gasteiger charge is -2.20. The zero-order valence-electron chi connectivity index (χ0n) is 15.8. The molecule has 0 fully saturated rings. The molecule has 1 atom stereocenters. The fraction of sp³-hybridized carbons (Fsp3) is 0.300. The van der Waals surface area contributed by atoms with Crippen molar-refractivity contribution in [2.24, 2.45) is 10.3 Å². The molecule has 1 heterocycles. The number of carbonyl (C=O) groups excluding carboxylic acids is 1. The van der Waals surface area contributed by atoms with E-state index in [9.17, 15) is 13.2 Å². The maximum Gasteiger partial charge on any atom is 0.286 e. The maximum absolute atomic E-state index is 12.3. The quantitative estimate of drug-likeness (QED) is 0.738. The number of para-hydroxylation sites is 1. The molecule has 2 N–H and O–H groups in total. The van der Waals surface area contributed by atoms with Crippen LogP contribution >= 0.6 is 0 Å². The Hall–Kier alpha value is -2.87. The van der Waals surface area contributed by atoms with E-state index in [0.29, 0.717) is 30.2 Å². The summed E-state index contributed by atoms with van der Waals surface area (Å²) in [5, 5.41) is 5.89. The molecule has 1 aliphatic heterocycles. The molecule has 0 spiro atoms. The van der Waals surface area contributed by atoms with Gasteiger partial charge in [0.2, 0.25) is 5.91 Å². The van der Waals surface area contributed by atoms with Crippen LogP contribution in [0.2, 0.25) is 0 Å². The molecule has 2 aromatic carbocycles. The smallest absolute Gasteiger partial charge is 0.286 e. The van der Waals surface area contributed by atoms with Crippen molar-refractivity contribution < 1.29 is 17.9 Å². The van der Waals surface area contributed by atoms with Crippen molar-refractivity contribution in [1.82, 2.24) is 0 Å². The summed E-state index contributed by atoms with van der Waals surface area (Å²) in [5.41, 5.74) is 1.20. The second-order valence-corrected chi connectivity index (χ2v) is 8.23. The van der Waals surface area contributed by atoms with E-state index in [2.05, 4.69) is 15.0 Å². The van der Waals surface area contributed by atoms with Crippen molar-refractivity contribution in [1.29, 1.82) is 0 Å². The Morgan fingerprint density at radius 2 is 1.89 bits per heavy atom. The fourth-order valence-corrected chi connectivity index (χ4v) is 4.14. The normalized spacial score (nSPS) is 15.6. The van der Waals surface area contributed by atoms with Gasteiger partial charge in [0.05, 0.1) is 12.3 Å². The van der Waals surface area contributed by atoms with Gasteiger partial charge in [-0.2, -0.15) is 8.42 Å². The van der Waals surface area contributed by atoms with Gasteiger partial charge in [0, 0.05) is 18.5 Å². The lowest BCUT2D eigenvalue weighted by Crippen LogP contribution is -2.25. The van der Waals surface area contributed by atoms with Crippen LogP contribution in [0.1, 0.15) is 26.7 Å². The van der Waals surface area contributed by atoms with Crippen LogP contribution in [0.4, 0.5) is 11.4 Å². The number of sulfonamides is 1. The van der Waals surface area contributed by atoms with Gasteiger partial charge in [0.1, 0.15) is 16.5 Å². The van der Waals surface area contributed by atoms with Gasteiger partial charge in [-0.1, -0.05) is 19.1 Å². The number of nitrogens with zero attached hydrogens (tertiary/aromatic N) is 1. The number of nitrogens with one attached hydrogen (secondary N) is 2. The molecule has 0 saturated heterocycles. The van der Waals surface area contributed by atoms with E-state index in [1.165, 1.54) is 6.07 Å². The molecule has 7 nitrogen and oxygen atoms in total. The van der Waals surface area contributed by atoms with Crippen LogP contribution < -0.4 is 15.4 Å². The summed E-state index contributed by atoms with van der Waals surface area (Å²) in [5.74, 6) is 0.863. The Morgan fingerprint density at radius 1 is 1.18 bits per heavy atom. The van der Waals surface area contributed by atoms with Crippen LogP contribution in [0.25, 0.3) is 0 Å². The minimum atomic E-state index is -3.71. The molecule has 0 bridgehead atoms. The van der Waals surface area contributed by atoms with Crippen molar-refractivity contribution in [3.8, 4) is 5.75 Å². The molecule has 2 aromatic rings. The van der Waals surface area contributed by atoms with E-state index in [0.717, 1.165) is 5.75 Å². The highest BCUT2D eigenvalue weighted by Gasteiger charge is 2.25. The van der Waals surface area contributed by atoms with Gasteiger partial charge < -0.3 is 15.4 Å². The second kappa shape index (κ2) is 8.43. The fourth-order valence-electron chi connectivity index (χ4n) is 2.99. The highest BCUT2D eigenvalue weighted by atomic mass is 32.2. The molecular formula is C20H23N3O4S. The van der Waals surface area contributed by atoms with Crippen LogP contribution in [-0.2, 0) is 14.8 Å². The van der Waals surface area contributed by atoms with Gasteiger partial charge in [-0.05, 0) is 49.2 Å². The first-order valence-electron chi connectivity index (χ1n) is 9.10. The highest BCUT2D eigenvalue weighted by Crippen LogP contribution is 2.28. The predicted molar refractivity (Wildman–Crippen MR) is 109 cm³/mol. The Balaban J connectivity index is 1.57. The van der Waals surface area contributed by atoms with E-state index < -0.39 is 10.0 Å². The SMILES string of the molecule is CCOc1ccc(NC(=O)CC(C)CC2=NS(=O)(=O)c3ccccc3N2)cc1. The van der Waals surface area contributed by atoms with Gasteiger partial charge in [0.15, 0.2) is 0 Å². The molecule has 0 aromatic heterocycles. The van der Waals surface area contributed by atoms with Crippen molar-refractivity contribution in [2.75, 3.05) is 17.2 Å². The average molecular weight is 401 g/mol. The number of hydrogen-bond donors (Lipinski definition) is 2. The molecular weight excluding hydrogens is 378 g/mol. The van der Waals surface area contributed by atoms with Crippen LogP contribution in [-0.4, -0.2) is 26.8 Å². The molecule has 8 heteroatoms. The molecule has 1 unspecified atom stereocenters. The summed E-state index contributed by atoms with van der Waals surface area (Å²) < 4.78 is 33.8. The topological polar surface area (TPSA) is 96.9 Å². The van der Waals surface area contributed by atoms with Gasteiger partial charge >= 0.3 is 0 Å². The number of ether oxygens (including phenoxy) is 1. The van der Waals surface area contributed by atoms with Crippen molar-refractivity contribution in [3.05, 3.63) is 48.5 Å². The monoisotopic (exact) mass is 401 g/mol. The number of amides is 1. The summed E-state index contributed by atoms with van der Waals surface area (Å²) in [6.07, 6.45) is 0.597. The van der Waals surface area contributed by atoms with E-state index >= 15 is 0 Å². The third kappa shape index (κ3) is 4.89. The van der Waals surface area contributed by atoms with Gasteiger partial charge in [-0.25, -0.2) is 0 Å². The predicted octanol–water partition coefficient (Wildman–Crippen LogP) is 3.65. The Kier molecular flexibility index (Phi) is 5.99. The number of fused-ring (bicyclic) bond motifs is 1. The summed E-state index contributed by atoms with van der Waals surface area (Å²) in [6.45, 7) is 4.38. The van der Waals surface area contributed by atoms with Crippen LogP contribution in [0, 0.1) is 5.92 Å². The summed E-state index contributed by atoms with van der Waals surface area (Å²) in [7, 11) is -3.71. The molecule has 1 aliphatic rings. The number of amidine groups is 1. The molecule has 0 saturated carbocycles. The zero-order valence-corrected chi connectivity index (χ0v) is 16.6. The van der Waals surface area contributed by atoms with Crippen molar-refractivity contribution in [3.63, 3.8) is 0 Å². The van der Waals surface area contributed by atoms with Gasteiger partial charge in [0.25, 0.3) is 10.0 Å². The molecule has 0 radical (unpaired) electrons. The highest BCUT2D eigenvalue weighted by molar-refractivity contribution is 7.90. The first kappa shape index (κ1) is 19.9. The number of carbonyl (C=O) groups is 1. The Morgan fingerprint density at radius 3 is 2.61 bits per heavy atom. The van der Waals surface area contributed by atoms with E-state index in [1.807, 2.05) is 13.8 Å². The minimum absolute atomic E-state index is 0.0885. The summed E-state index contributed by atoms with van der Waals surface area (Å²) >= 11 is 0. The Bertz CT molecular complexity index is 985. The second-order valence-electron chi connectivity index (χ2n) is 6.65. The van der Waals surface area contributed by atoms with E-state index in [4.69, 9.17) is 4.74 Å². The maximum atomic E-state index is 12.3. The number of anilines is 2. The first-order chi connectivity index (χ1) is 13.4. The zero-order chi connectivity index (χ0) is 20.1.